The van der Waals surface area contributed by atoms with Crippen LogP contribution in [0.1, 0.15) is 33.1 Å². The summed E-state index contributed by atoms with van der Waals surface area (Å²) >= 11 is 0. The molecular formula is C12H26N2O3. The Bertz CT molecular complexity index is 208. The first kappa shape index (κ1) is 16.4. The molecule has 0 saturated carbocycles. The number of hydrogen-bond acceptors (Lipinski definition) is 4. The van der Waals surface area contributed by atoms with Crippen molar-refractivity contribution in [3.63, 3.8) is 0 Å². The molecule has 0 rings (SSSR count). The molecule has 0 aromatic rings. The highest BCUT2D eigenvalue weighted by Crippen LogP contribution is 2.09. The van der Waals surface area contributed by atoms with Gasteiger partial charge in [-0.2, -0.15) is 0 Å². The van der Waals surface area contributed by atoms with Gasteiger partial charge in [0.05, 0.1) is 6.61 Å². The van der Waals surface area contributed by atoms with Gasteiger partial charge in [-0.25, -0.2) is 0 Å². The van der Waals surface area contributed by atoms with Crippen molar-refractivity contribution in [1.29, 1.82) is 0 Å². The van der Waals surface area contributed by atoms with Crippen molar-refractivity contribution in [3.05, 3.63) is 0 Å². The fourth-order valence-electron chi connectivity index (χ4n) is 1.92. The maximum Gasteiger partial charge on any atom is 0.320 e. The van der Waals surface area contributed by atoms with Crippen molar-refractivity contribution < 1.29 is 14.6 Å². The molecule has 3 N–H and O–H groups in total. The van der Waals surface area contributed by atoms with Crippen LogP contribution in [0.5, 0.6) is 0 Å². The van der Waals surface area contributed by atoms with Crippen molar-refractivity contribution in [2.45, 2.75) is 45.2 Å². The minimum atomic E-state index is -0.929. The van der Waals surface area contributed by atoms with Gasteiger partial charge in [-0.3, -0.25) is 9.69 Å². The summed E-state index contributed by atoms with van der Waals surface area (Å²) in [5, 5.41) is 8.76. The fourth-order valence-corrected chi connectivity index (χ4v) is 1.92. The van der Waals surface area contributed by atoms with Gasteiger partial charge < -0.3 is 15.6 Å². The molecule has 0 spiro atoms. The Morgan fingerprint density at radius 1 is 1.35 bits per heavy atom. The number of hydrogen-bond donors (Lipinski definition) is 2. The Balaban J connectivity index is 4.22. The van der Waals surface area contributed by atoms with Gasteiger partial charge in [-0.1, -0.05) is 13.8 Å². The van der Waals surface area contributed by atoms with E-state index in [-0.39, 0.29) is 0 Å². The smallest absolute Gasteiger partial charge is 0.320 e. The van der Waals surface area contributed by atoms with Crippen molar-refractivity contribution in [1.82, 2.24) is 4.90 Å². The number of rotatable bonds is 10. The van der Waals surface area contributed by atoms with Crippen molar-refractivity contribution >= 4 is 5.97 Å². The number of carboxylic acids is 1. The molecule has 0 fully saturated rings. The standard InChI is InChI=1S/C12H26N2O3/c1-4-10(5-2)14(8-9-17-3)7-6-11(13)12(15)16/h10-11H,4-9,13H2,1-3H3,(H,15,16). The number of ether oxygens (including phenoxy) is 1. The van der Waals surface area contributed by atoms with E-state index >= 15 is 0 Å². The molecule has 1 unspecified atom stereocenters. The van der Waals surface area contributed by atoms with Gasteiger partial charge >= 0.3 is 5.97 Å². The van der Waals surface area contributed by atoms with Crippen LogP contribution < -0.4 is 5.73 Å². The molecule has 0 aromatic heterocycles. The van der Waals surface area contributed by atoms with Gasteiger partial charge in [0.25, 0.3) is 0 Å². The van der Waals surface area contributed by atoms with E-state index in [0.717, 1.165) is 19.4 Å². The highest BCUT2D eigenvalue weighted by Gasteiger charge is 2.18. The zero-order valence-corrected chi connectivity index (χ0v) is 11.2. The largest absolute Gasteiger partial charge is 0.480 e. The van der Waals surface area contributed by atoms with Gasteiger partial charge in [-0.15, -0.1) is 0 Å². The molecule has 0 aliphatic carbocycles. The van der Waals surface area contributed by atoms with E-state index in [1.807, 2.05) is 0 Å². The van der Waals surface area contributed by atoms with Crippen LogP contribution in [0.2, 0.25) is 0 Å². The first-order valence-electron chi connectivity index (χ1n) is 6.28. The molecule has 0 aromatic carbocycles. The molecule has 0 radical (unpaired) electrons. The summed E-state index contributed by atoms with van der Waals surface area (Å²) in [6.07, 6.45) is 2.60. The van der Waals surface area contributed by atoms with Crippen molar-refractivity contribution in [3.8, 4) is 0 Å². The number of nitrogens with two attached hydrogens (primary N) is 1. The Morgan fingerprint density at radius 3 is 2.35 bits per heavy atom. The second-order valence-corrected chi connectivity index (χ2v) is 4.23. The highest BCUT2D eigenvalue weighted by molar-refractivity contribution is 5.72. The maximum atomic E-state index is 10.7. The second-order valence-electron chi connectivity index (χ2n) is 4.23. The van der Waals surface area contributed by atoms with Gasteiger partial charge in [0, 0.05) is 26.2 Å². The fraction of sp³-hybridized carbons (Fsp3) is 0.917. The van der Waals surface area contributed by atoms with Crippen LogP contribution in [0, 0.1) is 0 Å². The Labute approximate surface area is 104 Å². The van der Waals surface area contributed by atoms with E-state index in [9.17, 15) is 4.79 Å². The second kappa shape index (κ2) is 9.39. The van der Waals surface area contributed by atoms with Crippen LogP contribution in [0.3, 0.4) is 0 Å². The van der Waals surface area contributed by atoms with Crippen LogP contribution in [0.25, 0.3) is 0 Å². The lowest BCUT2D eigenvalue weighted by Crippen LogP contribution is -2.41. The SMILES string of the molecule is CCC(CC)N(CCOC)CCC(N)C(=O)O. The van der Waals surface area contributed by atoms with Gasteiger partial charge in [0.15, 0.2) is 0 Å². The third-order valence-corrected chi connectivity index (χ3v) is 3.09. The Morgan fingerprint density at radius 2 is 1.94 bits per heavy atom. The number of carbonyl (C=O) groups is 1. The quantitative estimate of drug-likeness (QED) is 0.599. The molecule has 0 bridgehead atoms. The lowest BCUT2D eigenvalue weighted by atomic mass is 10.1. The third kappa shape index (κ3) is 6.61. The molecular weight excluding hydrogens is 220 g/mol. The molecule has 1 atom stereocenters. The number of aliphatic carboxylic acids is 1. The summed E-state index contributed by atoms with van der Waals surface area (Å²) in [4.78, 5) is 12.9. The summed E-state index contributed by atoms with van der Waals surface area (Å²) < 4.78 is 5.08. The zero-order valence-electron chi connectivity index (χ0n) is 11.2. The van der Waals surface area contributed by atoms with Crippen LogP contribution in [-0.4, -0.2) is 54.9 Å². The molecule has 17 heavy (non-hydrogen) atoms. The van der Waals surface area contributed by atoms with E-state index in [4.69, 9.17) is 15.6 Å². The topological polar surface area (TPSA) is 75.8 Å². The van der Waals surface area contributed by atoms with Gasteiger partial charge in [0.2, 0.25) is 0 Å². The van der Waals surface area contributed by atoms with Crippen LogP contribution >= 0.6 is 0 Å². The van der Waals surface area contributed by atoms with E-state index in [1.54, 1.807) is 7.11 Å². The molecule has 0 saturated heterocycles. The maximum absolute atomic E-state index is 10.7. The monoisotopic (exact) mass is 246 g/mol. The Kier molecular flexibility index (Phi) is 9.03. The molecule has 0 heterocycles. The lowest BCUT2D eigenvalue weighted by Gasteiger charge is -2.30. The first-order chi connectivity index (χ1) is 8.06. The average molecular weight is 246 g/mol. The van der Waals surface area contributed by atoms with E-state index in [1.165, 1.54) is 0 Å². The van der Waals surface area contributed by atoms with Gasteiger partial charge in [0.1, 0.15) is 6.04 Å². The van der Waals surface area contributed by atoms with E-state index in [0.29, 0.717) is 25.6 Å². The molecule has 0 amide bonds. The average Bonchev–Trinajstić information content (AvgIpc) is 2.32. The summed E-state index contributed by atoms with van der Waals surface area (Å²) in [6, 6.07) is -0.291. The van der Waals surface area contributed by atoms with Crippen molar-refractivity contribution in [2.75, 3.05) is 26.8 Å². The Hall–Kier alpha value is -0.650. The highest BCUT2D eigenvalue weighted by atomic mass is 16.5. The summed E-state index contributed by atoms with van der Waals surface area (Å²) in [6.45, 7) is 6.49. The van der Waals surface area contributed by atoms with E-state index in [2.05, 4.69) is 18.7 Å². The molecule has 102 valence electrons. The molecule has 5 heteroatoms. The summed E-state index contributed by atoms with van der Waals surface area (Å²) in [5.41, 5.74) is 5.52. The predicted octanol–water partition coefficient (Wildman–Crippen LogP) is 0.925. The lowest BCUT2D eigenvalue weighted by molar-refractivity contribution is -0.138. The minimum Gasteiger partial charge on any atom is -0.480 e. The van der Waals surface area contributed by atoms with Crippen LogP contribution in [0.15, 0.2) is 0 Å². The number of methoxy groups -OCH3 is 1. The predicted molar refractivity (Wildman–Crippen MR) is 68.0 cm³/mol. The van der Waals surface area contributed by atoms with Crippen LogP contribution in [0.4, 0.5) is 0 Å². The van der Waals surface area contributed by atoms with E-state index < -0.39 is 12.0 Å². The number of nitrogens with zero attached hydrogens (tertiary/aromatic N) is 1. The van der Waals surface area contributed by atoms with Crippen LogP contribution in [-0.2, 0) is 9.53 Å². The summed E-state index contributed by atoms with van der Waals surface area (Å²) in [5.74, 6) is -0.929. The third-order valence-electron chi connectivity index (χ3n) is 3.09. The minimum absolute atomic E-state index is 0.478. The summed E-state index contributed by atoms with van der Waals surface area (Å²) in [7, 11) is 1.67. The molecule has 0 aliphatic rings. The normalized spacial score (nSPS) is 13.3. The first-order valence-corrected chi connectivity index (χ1v) is 6.28. The van der Waals surface area contributed by atoms with Crippen molar-refractivity contribution in [2.24, 2.45) is 5.73 Å². The van der Waals surface area contributed by atoms with Gasteiger partial charge in [-0.05, 0) is 19.3 Å². The molecule has 0 aliphatic heterocycles. The number of carboxylic acid groups (broad SMARTS) is 1. The zero-order chi connectivity index (χ0) is 13.3. The molecule has 5 nitrogen and oxygen atoms in total.